The number of nitrogens with one attached hydrogen (secondary N) is 1. The molecule has 6 heteroatoms. The third-order valence-corrected chi connectivity index (χ3v) is 4.27. The molecule has 1 saturated heterocycles. The van der Waals surface area contributed by atoms with Crippen molar-refractivity contribution >= 4 is 23.4 Å². The molecule has 2 rings (SSSR count). The first-order chi connectivity index (χ1) is 10.9. The average molecular weight is 339 g/mol. The van der Waals surface area contributed by atoms with Crippen molar-refractivity contribution in [3.8, 4) is 0 Å². The van der Waals surface area contributed by atoms with Gasteiger partial charge in [0.2, 0.25) is 11.8 Å². The standard InChI is InChI=1S/C17H23ClN2O3/c1-11(2)16(19-12(3)21)17(22)20-8-9-23-15(10-20)13-6-4-5-7-14(13)18/h4-7,11,15-16H,8-10H2,1-3H3,(H,19,21)/t15-,16-/m1/s1. The molecule has 0 radical (unpaired) electrons. The second-order valence-electron chi connectivity index (χ2n) is 6.09. The largest absolute Gasteiger partial charge is 0.370 e. The van der Waals surface area contributed by atoms with Crippen LogP contribution in [0.4, 0.5) is 0 Å². The summed E-state index contributed by atoms with van der Waals surface area (Å²) >= 11 is 6.23. The fraction of sp³-hybridized carbons (Fsp3) is 0.529. The van der Waals surface area contributed by atoms with Crippen LogP contribution < -0.4 is 5.32 Å². The first kappa shape index (κ1) is 17.8. The molecule has 0 aliphatic carbocycles. The number of amides is 2. The lowest BCUT2D eigenvalue weighted by atomic mass is 10.0. The minimum atomic E-state index is -0.516. The number of hydrogen-bond donors (Lipinski definition) is 1. The second-order valence-corrected chi connectivity index (χ2v) is 6.49. The smallest absolute Gasteiger partial charge is 0.245 e. The summed E-state index contributed by atoms with van der Waals surface area (Å²) in [6.45, 7) is 6.67. The summed E-state index contributed by atoms with van der Waals surface area (Å²) in [6.07, 6.45) is -0.244. The van der Waals surface area contributed by atoms with Crippen LogP contribution in [0.5, 0.6) is 0 Å². The van der Waals surface area contributed by atoms with Gasteiger partial charge >= 0.3 is 0 Å². The van der Waals surface area contributed by atoms with Crippen molar-refractivity contribution in [1.82, 2.24) is 10.2 Å². The number of ether oxygens (including phenoxy) is 1. The minimum absolute atomic E-state index is 0.0213. The van der Waals surface area contributed by atoms with Crippen LogP contribution in [0.15, 0.2) is 24.3 Å². The van der Waals surface area contributed by atoms with Gasteiger partial charge in [-0.15, -0.1) is 0 Å². The second kappa shape index (κ2) is 7.79. The van der Waals surface area contributed by atoms with Gasteiger partial charge in [0, 0.05) is 24.1 Å². The van der Waals surface area contributed by atoms with E-state index in [1.165, 1.54) is 6.92 Å². The van der Waals surface area contributed by atoms with Gasteiger partial charge in [0.05, 0.1) is 13.2 Å². The molecule has 1 aromatic carbocycles. The number of hydrogen-bond acceptors (Lipinski definition) is 3. The van der Waals surface area contributed by atoms with Gasteiger partial charge in [-0.25, -0.2) is 0 Å². The summed E-state index contributed by atoms with van der Waals surface area (Å²) in [5, 5.41) is 3.38. The maximum atomic E-state index is 12.8. The van der Waals surface area contributed by atoms with E-state index in [1.807, 2.05) is 38.1 Å². The van der Waals surface area contributed by atoms with Gasteiger partial charge in [-0.05, 0) is 12.0 Å². The maximum absolute atomic E-state index is 12.8. The SMILES string of the molecule is CC(=O)N[C@@H](C(=O)N1CCO[C@@H](c2ccccc2Cl)C1)C(C)C. The Labute approximate surface area is 141 Å². The molecule has 0 aromatic heterocycles. The van der Waals surface area contributed by atoms with Gasteiger partial charge in [0.15, 0.2) is 0 Å². The van der Waals surface area contributed by atoms with Crippen molar-refractivity contribution < 1.29 is 14.3 Å². The van der Waals surface area contributed by atoms with Gasteiger partial charge in [0.1, 0.15) is 12.1 Å². The number of carbonyl (C=O) groups excluding carboxylic acids is 2. The van der Waals surface area contributed by atoms with Crippen LogP contribution in [0.3, 0.4) is 0 Å². The van der Waals surface area contributed by atoms with Crippen LogP contribution in [0, 0.1) is 5.92 Å². The third kappa shape index (κ3) is 4.45. The summed E-state index contributed by atoms with van der Waals surface area (Å²) in [5.74, 6) is -0.253. The predicted octanol–water partition coefficient (Wildman–Crippen LogP) is 2.40. The summed E-state index contributed by atoms with van der Waals surface area (Å²) < 4.78 is 5.78. The summed E-state index contributed by atoms with van der Waals surface area (Å²) in [7, 11) is 0. The number of benzene rings is 1. The highest BCUT2D eigenvalue weighted by molar-refractivity contribution is 6.31. The first-order valence-electron chi connectivity index (χ1n) is 7.82. The van der Waals surface area contributed by atoms with E-state index in [0.29, 0.717) is 24.7 Å². The summed E-state index contributed by atoms with van der Waals surface area (Å²) in [4.78, 5) is 25.9. The molecule has 1 aliphatic rings. The number of morpholine rings is 1. The number of nitrogens with zero attached hydrogens (tertiary/aromatic N) is 1. The van der Waals surface area contributed by atoms with Crippen molar-refractivity contribution in [3.05, 3.63) is 34.9 Å². The normalized spacial score (nSPS) is 19.5. The van der Waals surface area contributed by atoms with Gasteiger partial charge in [0.25, 0.3) is 0 Å². The van der Waals surface area contributed by atoms with Gasteiger partial charge in [-0.2, -0.15) is 0 Å². The van der Waals surface area contributed by atoms with Crippen molar-refractivity contribution in [2.75, 3.05) is 19.7 Å². The van der Waals surface area contributed by atoms with E-state index < -0.39 is 6.04 Å². The molecular weight excluding hydrogens is 316 g/mol. The average Bonchev–Trinajstić information content (AvgIpc) is 2.52. The Morgan fingerprint density at radius 3 is 2.65 bits per heavy atom. The molecule has 1 heterocycles. The third-order valence-electron chi connectivity index (χ3n) is 3.92. The summed E-state index contributed by atoms with van der Waals surface area (Å²) in [6, 6.07) is 6.98. The highest BCUT2D eigenvalue weighted by Gasteiger charge is 2.32. The lowest BCUT2D eigenvalue weighted by molar-refractivity contribution is -0.144. The molecule has 2 amide bonds. The highest BCUT2D eigenvalue weighted by Crippen LogP contribution is 2.28. The molecule has 1 aliphatic heterocycles. The molecule has 1 N–H and O–H groups in total. The number of carbonyl (C=O) groups is 2. The molecule has 0 spiro atoms. The lowest BCUT2D eigenvalue weighted by Crippen LogP contribution is -2.53. The van der Waals surface area contributed by atoms with Crippen molar-refractivity contribution in [3.63, 3.8) is 0 Å². The lowest BCUT2D eigenvalue weighted by Gasteiger charge is -2.36. The molecule has 0 saturated carbocycles. The zero-order valence-corrected chi connectivity index (χ0v) is 14.5. The quantitative estimate of drug-likeness (QED) is 0.917. The van der Waals surface area contributed by atoms with E-state index in [-0.39, 0.29) is 23.8 Å². The Morgan fingerprint density at radius 2 is 2.04 bits per heavy atom. The Morgan fingerprint density at radius 1 is 1.35 bits per heavy atom. The molecule has 1 fully saturated rings. The molecule has 2 atom stereocenters. The fourth-order valence-corrected chi connectivity index (χ4v) is 2.96. The van der Waals surface area contributed by atoms with Crippen molar-refractivity contribution in [2.45, 2.75) is 32.9 Å². The van der Waals surface area contributed by atoms with Gasteiger partial charge in [-0.1, -0.05) is 43.6 Å². The van der Waals surface area contributed by atoms with Crippen LogP contribution in [-0.2, 0) is 14.3 Å². The van der Waals surface area contributed by atoms with E-state index in [0.717, 1.165) is 5.56 Å². The first-order valence-corrected chi connectivity index (χ1v) is 8.20. The molecule has 23 heavy (non-hydrogen) atoms. The van der Waals surface area contributed by atoms with Crippen LogP contribution in [0.25, 0.3) is 0 Å². The summed E-state index contributed by atoms with van der Waals surface area (Å²) in [5.41, 5.74) is 0.882. The van der Waals surface area contributed by atoms with Crippen molar-refractivity contribution in [1.29, 1.82) is 0 Å². The van der Waals surface area contributed by atoms with E-state index in [1.54, 1.807) is 4.90 Å². The predicted molar refractivity (Wildman–Crippen MR) is 89.2 cm³/mol. The zero-order valence-electron chi connectivity index (χ0n) is 13.7. The van der Waals surface area contributed by atoms with Crippen LogP contribution in [0.2, 0.25) is 5.02 Å². The van der Waals surface area contributed by atoms with Crippen molar-refractivity contribution in [2.24, 2.45) is 5.92 Å². The van der Waals surface area contributed by atoms with E-state index >= 15 is 0 Å². The number of halogens is 1. The van der Waals surface area contributed by atoms with E-state index in [4.69, 9.17) is 16.3 Å². The highest BCUT2D eigenvalue weighted by atomic mass is 35.5. The molecule has 1 aromatic rings. The van der Waals surface area contributed by atoms with E-state index in [2.05, 4.69) is 5.32 Å². The zero-order chi connectivity index (χ0) is 17.0. The Bertz CT molecular complexity index is 577. The minimum Gasteiger partial charge on any atom is -0.370 e. The Hall–Kier alpha value is -1.59. The topological polar surface area (TPSA) is 58.6 Å². The molecule has 126 valence electrons. The molecular formula is C17H23ClN2O3. The molecule has 0 bridgehead atoms. The van der Waals surface area contributed by atoms with Crippen LogP contribution in [-0.4, -0.2) is 42.5 Å². The Kier molecular flexibility index (Phi) is 6.02. The monoisotopic (exact) mass is 338 g/mol. The van der Waals surface area contributed by atoms with Gasteiger partial charge in [-0.3, -0.25) is 9.59 Å². The van der Waals surface area contributed by atoms with Crippen LogP contribution in [0.1, 0.15) is 32.4 Å². The van der Waals surface area contributed by atoms with Gasteiger partial charge < -0.3 is 15.0 Å². The van der Waals surface area contributed by atoms with E-state index in [9.17, 15) is 9.59 Å². The maximum Gasteiger partial charge on any atom is 0.245 e. The molecule has 0 unspecified atom stereocenters. The Balaban J connectivity index is 2.12. The van der Waals surface area contributed by atoms with Crippen LogP contribution >= 0.6 is 11.6 Å². The fourth-order valence-electron chi connectivity index (χ4n) is 2.70. The molecule has 5 nitrogen and oxygen atoms in total. The number of rotatable bonds is 4.